The van der Waals surface area contributed by atoms with Crippen LogP contribution in [0.15, 0.2) is 24.3 Å². The van der Waals surface area contributed by atoms with Crippen molar-refractivity contribution in [3.63, 3.8) is 0 Å². The summed E-state index contributed by atoms with van der Waals surface area (Å²) in [5.74, 6) is 2.92. The summed E-state index contributed by atoms with van der Waals surface area (Å²) in [6.45, 7) is 5.91. The van der Waals surface area contributed by atoms with Crippen molar-refractivity contribution >= 4 is 17.7 Å². The van der Waals surface area contributed by atoms with E-state index in [1.54, 1.807) is 0 Å². The lowest BCUT2D eigenvalue weighted by atomic mass is 10.1. The molecule has 0 atom stereocenters. The molecule has 0 aliphatic carbocycles. The number of nitrogens with one attached hydrogen (secondary N) is 1. The van der Waals surface area contributed by atoms with Crippen LogP contribution in [0, 0.1) is 0 Å². The molecule has 0 unspecified atom stereocenters. The highest BCUT2D eigenvalue weighted by Gasteiger charge is 2.20. The van der Waals surface area contributed by atoms with E-state index in [-0.39, 0.29) is 11.4 Å². The number of hydrogen-bond donors (Lipinski definition) is 1. The lowest BCUT2D eigenvalue weighted by Gasteiger charge is -2.26. The summed E-state index contributed by atoms with van der Waals surface area (Å²) in [7, 11) is 0. The molecule has 2 rings (SSSR count). The van der Waals surface area contributed by atoms with Gasteiger partial charge in [-0.3, -0.25) is 4.79 Å². The lowest BCUT2D eigenvalue weighted by Crippen LogP contribution is -2.40. The molecule has 1 aromatic carbocycles. The minimum Gasteiger partial charge on any atom is -0.489 e. The molecule has 18 heavy (non-hydrogen) atoms. The first-order chi connectivity index (χ1) is 8.44. The average Bonchev–Trinajstić information content (AvgIpc) is 2.22. The highest BCUT2D eigenvalue weighted by molar-refractivity contribution is 8.00. The van der Waals surface area contributed by atoms with Crippen LogP contribution in [-0.4, -0.2) is 29.1 Å². The van der Waals surface area contributed by atoms with Crippen molar-refractivity contribution in [1.82, 2.24) is 5.32 Å². The predicted molar refractivity (Wildman–Crippen MR) is 75.4 cm³/mol. The smallest absolute Gasteiger partial charge is 0.251 e. The zero-order valence-electron chi connectivity index (χ0n) is 11.0. The molecule has 98 valence electrons. The van der Waals surface area contributed by atoms with E-state index in [1.807, 2.05) is 56.8 Å². The largest absolute Gasteiger partial charge is 0.489 e. The zero-order valence-corrected chi connectivity index (χ0v) is 11.8. The Morgan fingerprint density at radius 2 is 1.89 bits per heavy atom. The second-order valence-electron chi connectivity index (χ2n) is 5.51. The normalized spacial score (nSPS) is 15.9. The van der Waals surface area contributed by atoms with Crippen LogP contribution in [0.5, 0.6) is 5.75 Å². The summed E-state index contributed by atoms with van der Waals surface area (Å²) >= 11 is 1.89. The van der Waals surface area contributed by atoms with E-state index in [2.05, 4.69) is 5.32 Å². The van der Waals surface area contributed by atoms with E-state index in [0.29, 0.717) is 11.7 Å². The van der Waals surface area contributed by atoms with Crippen molar-refractivity contribution in [2.24, 2.45) is 0 Å². The maximum atomic E-state index is 11.9. The van der Waals surface area contributed by atoms with Gasteiger partial charge in [-0.15, -0.1) is 0 Å². The minimum absolute atomic E-state index is 0.0479. The van der Waals surface area contributed by atoms with Gasteiger partial charge in [0.25, 0.3) is 5.91 Å². The van der Waals surface area contributed by atoms with Crippen molar-refractivity contribution in [3.05, 3.63) is 29.8 Å². The molecule has 4 heteroatoms. The van der Waals surface area contributed by atoms with Gasteiger partial charge in [0.15, 0.2) is 0 Å². The van der Waals surface area contributed by atoms with E-state index in [0.717, 1.165) is 17.3 Å². The third-order valence-electron chi connectivity index (χ3n) is 2.52. The Kier molecular flexibility index (Phi) is 3.85. The molecular formula is C14H19NO2S. The number of amides is 1. The lowest BCUT2D eigenvalue weighted by molar-refractivity contribution is 0.0919. The van der Waals surface area contributed by atoms with E-state index < -0.39 is 0 Å². The average molecular weight is 265 g/mol. The number of carbonyl (C=O) groups is 1. The number of carbonyl (C=O) groups excluding carboxylic acids is 1. The van der Waals surface area contributed by atoms with Crippen LogP contribution in [-0.2, 0) is 0 Å². The predicted octanol–water partition coefficient (Wildman–Crippen LogP) is 2.71. The molecule has 0 radical (unpaired) electrons. The Morgan fingerprint density at radius 1 is 1.28 bits per heavy atom. The summed E-state index contributed by atoms with van der Waals surface area (Å²) in [6, 6.07) is 7.34. The summed E-state index contributed by atoms with van der Waals surface area (Å²) in [4.78, 5) is 11.9. The Morgan fingerprint density at radius 3 is 2.33 bits per heavy atom. The summed E-state index contributed by atoms with van der Waals surface area (Å²) in [6.07, 6.45) is 0.337. The van der Waals surface area contributed by atoms with Gasteiger partial charge in [-0.2, -0.15) is 11.8 Å². The molecule has 1 aliphatic heterocycles. The monoisotopic (exact) mass is 265 g/mol. The summed E-state index contributed by atoms with van der Waals surface area (Å²) in [5.41, 5.74) is 0.454. The van der Waals surface area contributed by atoms with Crippen LogP contribution in [0.1, 0.15) is 31.1 Å². The van der Waals surface area contributed by atoms with Gasteiger partial charge in [0.05, 0.1) is 0 Å². The molecule has 1 amide bonds. The SMILES string of the molecule is CC(C)(C)NC(=O)c1ccc(OC2CSC2)cc1. The maximum absolute atomic E-state index is 11.9. The number of rotatable bonds is 3. The molecule has 1 fully saturated rings. The third kappa shape index (κ3) is 3.67. The van der Waals surface area contributed by atoms with Crippen LogP contribution < -0.4 is 10.1 Å². The van der Waals surface area contributed by atoms with E-state index in [1.165, 1.54) is 0 Å². The Balaban J connectivity index is 1.96. The van der Waals surface area contributed by atoms with Gasteiger partial charge < -0.3 is 10.1 Å². The van der Waals surface area contributed by atoms with E-state index in [4.69, 9.17) is 4.74 Å². The first-order valence-electron chi connectivity index (χ1n) is 6.11. The number of ether oxygens (including phenoxy) is 1. The van der Waals surface area contributed by atoms with E-state index >= 15 is 0 Å². The van der Waals surface area contributed by atoms with Gasteiger partial charge in [-0.1, -0.05) is 0 Å². The fraction of sp³-hybridized carbons (Fsp3) is 0.500. The van der Waals surface area contributed by atoms with Gasteiger partial charge >= 0.3 is 0 Å². The molecule has 1 aromatic rings. The molecule has 0 bridgehead atoms. The van der Waals surface area contributed by atoms with Crippen LogP contribution in [0.2, 0.25) is 0 Å². The number of hydrogen-bond acceptors (Lipinski definition) is 3. The van der Waals surface area contributed by atoms with Crippen molar-refractivity contribution in [2.75, 3.05) is 11.5 Å². The fourth-order valence-corrected chi connectivity index (χ4v) is 2.14. The Labute approximate surface area is 112 Å². The van der Waals surface area contributed by atoms with Crippen LogP contribution in [0.3, 0.4) is 0 Å². The second-order valence-corrected chi connectivity index (χ2v) is 6.58. The van der Waals surface area contributed by atoms with Gasteiger partial charge in [-0.05, 0) is 45.0 Å². The van der Waals surface area contributed by atoms with Crippen molar-refractivity contribution in [1.29, 1.82) is 0 Å². The van der Waals surface area contributed by atoms with Crippen molar-refractivity contribution in [3.8, 4) is 5.75 Å². The molecule has 0 spiro atoms. The van der Waals surface area contributed by atoms with Crippen molar-refractivity contribution in [2.45, 2.75) is 32.4 Å². The molecule has 1 saturated heterocycles. The zero-order chi connectivity index (χ0) is 13.2. The van der Waals surface area contributed by atoms with Gasteiger partial charge in [0.2, 0.25) is 0 Å². The second kappa shape index (κ2) is 5.22. The Hall–Kier alpha value is -1.16. The van der Waals surface area contributed by atoms with Crippen LogP contribution >= 0.6 is 11.8 Å². The van der Waals surface area contributed by atoms with Crippen molar-refractivity contribution < 1.29 is 9.53 Å². The summed E-state index contributed by atoms with van der Waals surface area (Å²) in [5, 5.41) is 2.93. The van der Waals surface area contributed by atoms with Crippen LogP contribution in [0.4, 0.5) is 0 Å². The maximum Gasteiger partial charge on any atom is 0.251 e. The third-order valence-corrected chi connectivity index (χ3v) is 3.73. The fourth-order valence-electron chi connectivity index (χ4n) is 1.57. The molecule has 1 heterocycles. The Bertz CT molecular complexity index is 418. The first-order valence-corrected chi connectivity index (χ1v) is 7.26. The molecule has 3 nitrogen and oxygen atoms in total. The molecule has 0 aromatic heterocycles. The molecular weight excluding hydrogens is 246 g/mol. The molecule has 1 aliphatic rings. The highest BCUT2D eigenvalue weighted by atomic mass is 32.2. The quantitative estimate of drug-likeness (QED) is 0.913. The standard InChI is InChI=1S/C14H19NO2S/c1-14(2,3)15-13(16)10-4-6-11(7-5-10)17-12-8-18-9-12/h4-7,12H,8-9H2,1-3H3,(H,15,16). The highest BCUT2D eigenvalue weighted by Crippen LogP contribution is 2.24. The number of benzene rings is 1. The van der Waals surface area contributed by atoms with Gasteiger partial charge in [0.1, 0.15) is 11.9 Å². The minimum atomic E-state index is -0.213. The van der Waals surface area contributed by atoms with Gasteiger partial charge in [-0.25, -0.2) is 0 Å². The van der Waals surface area contributed by atoms with Gasteiger partial charge in [0, 0.05) is 22.6 Å². The van der Waals surface area contributed by atoms with E-state index in [9.17, 15) is 4.79 Å². The molecule has 1 N–H and O–H groups in total. The number of thioether (sulfide) groups is 1. The van der Waals surface area contributed by atoms with Crippen LogP contribution in [0.25, 0.3) is 0 Å². The topological polar surface area (TPSA) is 38.3 Å². The molecule has 0 saturated carbocycles. The summed E-state index contributed by atoms with van der Waals surface area (Å²) < 4.78 is 5.73. The first kappa shape index (κ1) is 13.3.